The molecule has 2 heterocycles. The molecule has 27 heavy (non-hydrogen) atoms. The molecule has 0 radical (unpaired) electrons. The zero-order valence-electron chi connectivity index (χ0n) is 14.9. The van der Waals surface area contributed by atoms with Crippen LogP contribution in [0.1, 0.15) is 23.1 Å². The van der Waals surface area contributed by atoms with E-state index in [0.29, 0.717) is 29.9 Å². The molecule has 0 spiro atoms. The Morgan fingerprint density at radius 3 is 2.93 bits per heavy atom. The first-order chi connectivity index (χ1) is 13.0. The van der Waals surface area contributed by atoms with Crippen molar-refractivity contribution in [3.05, 3.63) is 51.7 Å². The number of hydrogen-bond acceptors (Lipinski definition) is 6. The van der Waals surface area contributed by atoms with Gasteiger partial charge in [0.15, 0.2) is 0 Å². The average Bonchev–Trinajstić information content (AvgIpc) is 3.30. The number of aromatic nitrogens is 4. The normalized spacial score (nSPS) is 10.6. The molecule has 3 rings (SSSR count). The molecule has 0 atom stereocenters. The van der Waals surface area contributed by atoms with Crippen molar-refractivity contribution in [3.63, 3.8) is 0 Å². The van der Waals surface area contributed by atoms with Crippen molar-refractivity contribution in [2.45, 2.75) is 19.9 Å². The maximum atomic E-state index is 14.0. The molecule has 0 fully saturated rings. The molecular weight excluding hydrogens is 367 g/mol. The number of nitrogens with zero attached hydrogens (tertiary/aromatic N) is 6. The van der Waals surface area contributed by atoms with Crippen LogP contribution in [0.15, 0.2) is 29.8 Å². The van der Waals surface area contributed by atoms with Gasteiger partial charge in [0.2, 0.25) is 5.91 Å². The lowest BCUT2D eigenvalue weighted by atomic mass is 10.1. The Bertz CT molecular complexity index is 1010. The fourth-order valence-electron chi connectivity index (χ4n) is 2.38. The van der Waals surface area contributed by atoms with Gasteiger partial charge in [0.1, 0.15) is 17.2 Å². The highest BCUT2D eigenvalue weighted by atomic mass is 32.1. The van der Waals surface area contributed by atoms with Crippen molar-refractivity contribution in [3.8, 4) is 17.5 Å². The molecule has 0 unspecified atom stereocenters. The third-order valence-electron chi connectivity index (χ3n) is 4.07. The van der Waals surface area contributed by atoms with Crippen LogP contribution in [0.3, 0.4) is 0 Å². The molecule has 7 nitrogen and oxygen atoms in total. The zero-order valence-corrected chi connectivity index (χ0v) is 15.7. The Hall–Kier alpha value is -3.12. The second kappa shape index (κ2) is 8.05. The Balaban J connectivity index is 1.68. The number of rotatable bonds is 6. The minimum absolute atomic E-state index is 0.0183. The fourth-order valence-corrected chi connectivity index (χ4v) is 3.16. The monoisotopic (exact) mass is 384 g/mol. The van der Waals surface area contributed by atoms with Crippen LogP contribution in [-0.4, -0.2) is 44.4 Å². The van der Waals surface area contributed by atoms with Crippen molar-refractivity contribution < 1.29 is 9.18 Å². The quantitative estimate of drug-likeness (QED) is 0.651. The molecule has 1 amide bonds. The summed E-state index contributed by atoms with van der Waals surface area (Å²) < 4.78 is 15.5. The molecule has 1 aromatic carbocycles. The fraction of sp³-hybridized carbons (Fsp3) is 0.278. The number of benzene rings is 1. The lowest BCUT2D eigenvalue weighted by molar-refractivity contribution is -0.127. The van der Waals surface area contributed by atoms with E-state index < -0.39 is 5.82 Å². The van der Waals surface area contributed by atoms with E-state index in [2.05, 4.69) is 15.3 Å². The summed E-state index contributed by atoms with van der Waals surface area (Å²) >= 11 is 1.50. The summed E-state index contributed by atoms with van der Waals surface area (Å²) in [6.45, 7) is 2.35. The van der Waals surface area contributed by atoms with E-state index in [0.717, 1.165) is 5.01 Å². The van der Waals surface area contributed by atoms with Crippen molar-refractivity contribution >= 4 is 17.2 Å². The van der Waals surface area contributed by atoms with Crippen molar-refractivity contribution in [1.29, 1.82) is 5.26 Å². The average molecular weight is 384 g/mol. The molecule has 0 saturated carbocycles. The molecule has 0 bridgehead atoms. The Morgan fingerprint density at radius 2 is 2.22 bits per heavy atom. The van der Waals surface area contributed by atoms with E-state index in [4.69, 9.17) is 5.26 Å². The number of amides is 1. The lowest BCUT2D eigenvalue weighted by Gasteiger charge is -2.12. The van der Waals surface area contributed by atoms with E-state index in [-0.39, 0.29) is 18.0 Å². The molecule has 3 aromatic rings. The van der Waals surface area contributed by atoms with Gasteiger partial charge in [0.05, 0.1) is 29.4 Å². The van der Waals surface area contributed by atoms with Gasteiger partial charge in [-0.2, -0.15) is 5.26 Å². The number of thiazole rings is 1. The van der Waals surface area contributed by atoms with Crippen LogP contribution in [-0.2, 0) is 17.8 Å². The highest BCUT2D eigenvalue weighted by Gasteiger charge is 2.12. The standard InChI is InChI=1S/C18H17FN6OS/c1-12(26)24(2)6-5-18-21-17(11-27-18)16-10-25(23-22-16)9-14-4-3-13(8-20)7-15(14)19/h3-4,7,10-11H,5-6,9H2,1-2H3. The Morgan fingerprint density at radius 1 is 1.41 bits per heavy atom. The lowest BCUT2D eigenvalue weighted by Crippen LogP contribution is -2.26. The molecule has 0 aliphatic carbocycles. The first-order valence-corrected chi connectivity index (χ1v) is 9.09. The minimum atomic E-state index is -0.448. The van der Waals surface area contributed by atoms with E-state index in [9.17, 15) is 9.18 Å². The summed E-state index contributed by atoms with van der Waals surface area (Å²) in [5.74, 6) is -0.429. The minimum Gasteiger partial charge on any atom is -0.346 e. The SMILES string of the molecule is CC(=O)N(C)CCc1nc(-c2cn(Cc3ccc(C#N)cc3F)nn2)cs1. The number of likely N-dealkylation sites (N-methyl/N-ethyl adjacent to an activating group) is 1. The highest BCUT2D eigenvalue weighted by Crippen LogP contribution is 2.20. The van der Waals surface area contributed by atoms with Crippen LogP contribution in [0.5, 0.6) is 0 Å². The number of halogens is 1. The number of hydrogen-bond donors (Lipinski definition) is 0. The van der Waals surface area contributed by atoms with E-state index in [1.807, 2.05) is 11.4 Å². The van der Waals surface area contributed by atoms with Gasteiger partial charge in [-0.3, -0.25) is 4.79 Å². The molecule has 9 heteroatoms. The maximum Gasteiger partial charge on any atom is 0.219 e. The van der Waals surface area contributed by atoms with Gasteiger partial charge in [-0.15, -0.1) is 16.4 Å². The molecule has 0 aliphatic heterocycles. The Labute approximate surface area is 159 Å². The van der Waals surface area contributed by atoms with Crippen molar-refractivity contribution in [2.24, 2.45) is 0 Å². The van der Waals surface area contributed by atoms with Crippen LogP contribution in [0.2, 0.25) is 0 Å². The topological polar surface area (TPSA) is 87.7 Å². The molecule has 0 saturated heterocycles. The summed E-state index contributed by atoms with van der Waals surface area (Å²) in [5.41, 5.74) is 2.01. The summed E-state index contributed by atoms with van der Waals surface area (Å²) in [4.78, 5) is 17.4. The second-order valence-electron chi connectivity index (χ2n) is 6.04. The van der Waals surface area contributed by atoms with Crippen LogP contribution in [0.4, 0.5) is 4.39 Å². The van der Waals surface area contributed by atoms with Crippen LogP contribution >= 0.6 is 11.3 Å². The second-order valence-corrected chi connectivity index (χ2v) is 6.98. The van der Waals surface area contributed by atoms with Crippen LogP contribution < -0.4 is 0 Å². The van der Waals surface area contributed by atoms with Crippen LogP contribution in [0, 0.1) is 17.1 Å². The summed E-state index contributed by atoms with van der Waals surface area (Å²) in [7, 11) is 1.75. The maximum absolute atomic E-state index is 14.0. The van der Waals surface area contributed by atoms with Gasteiger partial charge >= 0.3 is 0 Å². The summed E-state index contributed by atoms with van der Waals surface area (Å²) in [6, 6.07) is 6.25. The molecule has 0 N–H and O–H groups in total. The van der Waals surface area contributed by atoms with Gasteiger partial charge in [0.25, 0.3) is 0 Å². The summed E-state index contributed by atoms with van der Waals surface area (Å²) in [6.07, 6.45) is 2.38. The van der Waals surface area contributed by atoms with Gasteiger partial charge < -0.3 is 4.90 Å². The highest BCUT2D eigenvalue weighted by molar-refractivity contribution is 7.09. The molecule has 138 valence electrons. The predicted octanol–water partition coefficient (Wildman–Crippen LogP) is 2.48. The van der Waals surface area contributed by atoms with Crippen molar-refractivity contribution in [2.75, 3.05) is 13.6 Å². The molecular formula is C18H17FN6OS. The summed E-state index contributed by atoms with van der Waals surface area (Å²) in [5, 5.41) is 19.7. The number of carbonyl (C=O) groups is 1. The van der Waals surface area contributed by atoms with Crippen LogP contribution in [0.25, 0.3) is 11.4 Å². The Kier molecular flexibility index (Phi) is 5.57. The van der Waals surface area contributed by atoms with E-state index in [1.54, 1.807) is 30.3 Å². The zero-order chi connectivity index (χ0) is 19.4. The molecule has 0 aliphatic rings. The first kappa shape index (κ1) is 18.7. The van der Waals surface area contributed by atoms with Crippen molar-refractivity contribution in [1.82, 2.24) is 24.9 Å². The van der Waals surface area contributed by atoms with E-state index >= 15 is 0 Å². The number of nitriles is 1. The van der Waals surface area contributed by atoms with Gasteiger partial charge in [-0.25, -0.2) is 14.1 Å². The van der Waals surface area contributed by atoms with Gasteiger partial charge in [-0.05, 0) is 12.1 Å². The largest absolute Gasteiger partial charge is 0.346 e. The third kappa shape index (κ3) is 4.54. The molecule has 2 aromatic heterocycles. The smallest absolute Gasteiger partial charge is 0.219 e. The number of carbonyl (C=O) groups excluding carboxylic acids is 1. The third-order valence-corrected chi connectivity index (χ3v) is 4.97. The first-order valence-electron chi connectivity index (χ1n) is 8.21. The van der Waals surface area contributed by atoms with Gasteiger partial charge in [-0.1, -0.05) is 11.3 Å². The van der Waals surface area contributed by atoms with Gasteiger partial charge in [0, 0.05) is 37.9 Å². The predicted molar refractivity (Wildman–Crippen MR) is 98.4 cm³/mol. The van der Waals surface area contributed by atoms with E-state index in [1.165, 1.54) is 29.0 Å².